The van der Waals surface area contributed by atoms with Gasteiger partial charge in [0.05, 0.1) is 74.1 Å². The molecule has 8 aromatic rings. The van der Waals surface area contributed by atoms with Crippen molar-refractivity contribution in [3.05, 3.63) is 160 Å². The third-order valence-corrected chi connectivity index (χ3v) is 11.9. The maximum absolute atomic E-state index is 13.5. The summed E-state index contributed by atoms with van der Waals surface area (Å²) in [4.78, 5) is 29.4. The van der Waals surface area contributed by atoms with Crippen LogP contribution in [0.5, 0.6) is 23.0 Å². The van der Waals surface area contributed by atoms with E-state index in [4.69, 9.17) is 59.5 Å². The number of anilines is 5. The standard InChI is InChI=1S/C24H22ClFN6O2.C13H10Cl2FN3O.C11H13N3O/c1-14-11-32(13-28-14)19-7-5-16(9-21(19)33-3)29-24-27-10-22-23(30-24)31(2)20(12-34-22)17-6-4-15(26)8-18(17)25;1-19-10(8-3-2-7(16)4-9(8)14)6-20-11-5-17-13(15)18-12(11)19;1-8-6-14(7-13-8)10-4-3-9(12)5-11(10)15-2/h4-11,13,20H,12H2,1-3H3,(H,27,29,30);2-5,10H,6H2,1H3;3-7H,12H2,1-2H3. The first-order chi connectivity index (χ1) is 33.2. The summed E-state index contributed by atoms with van der Waals surface area (Å²) < 4.78 is 52.8. The first kappa shape index (κ1) is 48.1. The van der Waals surface area contributed by atoms with E-state index in [1.807, 2.05) is 89.6 Å². The van der Waals surface area contributed by atoms with Crippen LogP contribution < -0.4 is 39.8 Å². The van der Waals surface area contributed by atoms with Gasteiger partial charge in [0.25, 0.3) is 0 Å². The van der Waals surface area contributed by atoms with Crippen molar-refractivity contribution >= 4 is 63.8 Å². The van der Waals surface area contributed by atoms with Crippen LogP contribution in [0.15, 0.2) is 110 Å². The van der Waals surface area contributed by atoms with Gasteiger partial charge in [0.1, 0.15) is 36.3 Å². The Morgan fingerprint density at radius 2 is 1.16 bits per heavy atom. The highest BCUT2D eigenvalue weighted by atomic mass is 35.5. The number of hydrogen-bond donors (Lipinski definition) is 2. The van der Waals surface area contributed by atoms with E-state index in [1.165, 1.54) is 30.5 Å². The molecule has 4 aromatic carbocycles. The molecule has 2 aliphatic heterocycles. The number of likely N-dealkylation sites (N-methyl/N-ethyl adjacent to an activating group) is 2. The van der Waals surface area contributed by atoms with Crippen LogP contribution in [0.3, 0.4) is 0 Å². The van der Waals surface area contributed by atoms with Crippen LogP contribution in [-0.4, -0.2) is 80.6 Å². The Morgan fingerprint density at radius 3 is 1.67 bits per heavy atom. The van der Waals surface area contributed by atoms with Crippen LogP contribution in [0.2, 0.25) is 15.3 Å². The topological polar surface area (TPSA) is 169 Å². The van der Waals surface area contributed by atoms with E-state index < -0.39 is 0 Å². The van der Waals surface area contributed by atoms with E-state index in [1.54, 1.807) is 51.3 Å². The van der Waals surface area contributed by atoms with E-state index in [2.05, 4.69) is 35.2 Å². The number of nitrogens with one attached hydrogen (secondary N) is 1. The zero-order valence-corrected chi connectivity index (χ0v) is 40.3. The Labute approximate surface area is 411 Å². The zero-order chi connectivity index (χ0) is 48.9. The van der Waals surface area contributed by atoms with Gasteiger partial charge in [-0.25, -0.2) is 28.7 Å². The lowest BCUT2D eigenvalue weighted by Gasteiger charge is -2.35. The molecule has 3 N–H and O–H groups in total. The van der Waals surface area contributed by atoms with Crippen molar-refractivity contribution in [2.24, 2.45) is 0 Å². The first-order valence-corrected chi connectivity index (χ1v) is 22.2. The summed E-state index contributed by atoms with van der Waals surface area (Å²) in [6, 6.07) is 19.5. The average Bonchev–Trinajstić information content (AvgIpc) is 3.98. The molecule has 0 radical (unpaired) electrons. The van der Waals surface area contributed by atoms with Crippen molar-refractivity contribution in [1.29, 1.82) is 0 Å². The van der Waals surface area contributed by atoms with Gasteiger partial charge in [0, 0.05) is 60.0 Å². The van der Waals surface area contributed by atoms with Crippen LogP contribution >= 0.6 is 34.8 Å². The summed E-state index contributed by atoms with van der Waals surface area (Å²) in [6.07, 6.45) is 10.5. The molecule has 2 aliphatic rings. The van der Waals surface area contributed by atoms with Gasteiger partial charge in [0.2, 0.25) is 11.2 Å². The molecule has 0 fully saturated rings. The van der Waals surface area contributed by atoms with Gasteiger partial charge < -0.3 is 48.9 Å². The van der Waals surface area contributed by atoms with Crippen molar-refractivity contribution in [3.8, 4) is 34.4 Å². The van der Waals surface area contributed by atoms with Crippen molar-refractivity contribution in [2.75, 3.05) is 62.4 Å². The number of aryl methyl sites for hydroxylation is 2. The number of halogens is 5. The molecule has 2 unspecified atom stereocenters. The predicted octanol–water partition coefficient (Wildman–Crippen LogP) is 10.3. The third kappa shape index (κ3) is 10.8. The number of hydrogen-bond acceptors (Lipinski definition) is 14. The Kier molecular flexibility index (Phi) is 14.5. The first-order valence-electron chi connectivity index (χ1n) is 21.1. The Morgan fingerprint density at radius 1 is 0.652 bits per heavy atom. The predicted molar refractivity (Wildman–Crippen MR) is 263 cm³/mol. The summed E-state index contributed by atoms with van der Waals surface area (Å²) in [5.41, 5.74) is 12.4. The van der Waals surface area contributed by atoms with Gasteiger partial charge in [-0.05, 0) is 85.1 Å². The smallest absolute Gasteiger partial charge is 0.229 e. The molecule has 4 aromatic heterocycles. The molecule has 21 heteroatoms. The van der Waals surface area contributed by atoms with Crippen molar-refractivity contribution in [2.45, 2.75) is 25.9 Å². The molecule has 0 amide bonds. The number of methoxy groups -OCH3 is 2. The molecular weight excluding hydrogens is 953 g/mol. The number of ether oxygens (including phenoxy) is 4. The molecule has 0 saturated heterocycles. The largest absolute Gasteiger partial charge is 0.494 e. The second-order valence-corrected chi connectivity index (χ2v) is 16.9. The minimum Gasteiger partial charge on any atom is -0.494 e. The minimum atomic E-state index is -0.382. The second kappa shape index (κ2) is 20.8. The Balaban J connectivity index is 0.000000155. The van der Waals surface area contributed by atoms with E-state index in [-0.39, 0.29) is 29.0 Å². The normalized spacial score (nSPS) is 14.7. The molecule has 356 valence electrons. The summed E-state index contributed by atoms with van der Waals surface area (Å²) in [5, 5.41) is 4.06. The molecule has 0 aliphatic carbocycles. The van der Waals surface area contributed by atoms with Gasteiger partial charge in [-0.15, -0.1) is 0 Å². The number of nitrogens with two attached hydrogens (primary N) is 1. The number of benzene rings is 4. The molecule has 0 bridgehead atoms. The minimum absolute atomic E-state index is 0.144. The SMILES string of the molecule is CN1c2nc(Cl)ncc2OCC1c1ccc(F)cc1Cl.COc1cc(N)ccc1-n1cnc(C)c1.COc1cc(Nc2ncc3c(n2)N(C)C(c2ccc(F)cc2Cl)CO3)ccc1-n1cnc(C)c1. The fraction of sp³-hybridized carbons (Fsp3) is 0.208. The molecule has 6 heterocycles. The molecule has 69 heavy (non-hydrogen) atoms. The van der Waals surface area contributed by atoms with Gasteiger partial charge in [0.15, 0.2) is 23.1 Å². The number of imidazole rings is 2. The fourth-order valence-electron chi connectivity index (χ4n) is 7.58. The summed E-state index contributed by atoms with van der Waals surface area (Å²) >= 11 is 18.2. The van der Waals surface area contributed by atoms with Crippen LogP contribution in [0.25, 0.3) is 11.4 Å². The van der Waals surface area contributed by atoms with E-state index in [0.29, 0.717) is 63.8 Å². The maximum Gasteiger partial charge on any atom is 0.229 e. The Hall–Kier alpha value is -7.41. The lowest BCUT2D eigenvalue weighted by atomic mass is 10.1. The van der Waals surface area contributed by atoms with Crippen molar-refractivity contribution < 1.29 is 27.7 Å². The van der Waals surface area contributed by atoms with E-state index in [0.717, 1.165) is 45.3 Å². The fourth-order valence-corrected chi connectivity index (χ4v) is 8.29. The Bertz CT molecular complexity index is 3120. The summed E-state index contributed by atoms with van der Waals surface area (Å²) in [7, 11) is 7.00. The van der Waals surface area contributed by atoms with Crippen LogP contribution in [0, 0.1) is 25.5 Å². The quantitative estimate of drug-likeness (QED) is 0.109. The highest BCUT2D eigenvalue weighted by Crippen LogP contribution is 2.41. The van der Waals surface area contributed by atoms with E-state index >= 15 is 0 Å². The monoisotopic (exact) mass is 996 g/mol. The zero-order valence-electron chi connectivity index (χ0n) is 38.0. The van der Waals surface area contributed by atoms with Gasteiger partial charge in [-0.2, -0.15) is 9.97 Å². The second-order valence-electron chi connectivity index (χ2n) is 15.7. The van der Waals surface area contributed by atoms with Gasteiger partial charge in [-0.3, -0.25) is 0 Å². The molecule has 16 nitrogen and oxygen atoms in total. The van der Waals surface area contributed by atoms with Gasteiger partial charge >= 0.3 is 0 Å². The number of aromatic nitrogens is 8. The molecular formula is C48H45Cl3F2N12O4. The average molecular weight is 998 g/mol. The third-order valence-electron chi connectivity index (χ3n) is 11.1. The van der Waals surface area contributed by atoms with Crippen LogP contribution in [0.1, 0.15) is 34.6 Å². The molecule has 10 rings (SSSR count). The number of fused-ring (bicyclic) bond motifs is 2. The summed E-state index contributed by atoms with van der Waals surface area (Å²) in [5.74, 6) is 3.37. The number of nitrogens with zero attached hydrogens (tertiary/aromatic N) is 10. The number of nitrogen functional groups attached to an aromatic ring is 1. The molecule has 0 saturated carbocycles. The van der Waals surface area contributed by atoms with Crippen molar-refractivity contribution in [1.82, 2.24) is 39.0 Å². The highest BCUT2D eigenvalue weighted by molar-refractivity contribution is 6.31. The number of rotatable bonds is 8. The lowest BCUT2D eigenvalue weighted by molar-refractivity contribution is 0.265. The van der Waals surface area contributed by atoms with Crippen LogP contribution in [0.4, 0.5) is 37.7 Å². The maximum atomic E-state index is 13.5. The van der Waals surface area contributed by atoms with Gasteiger partial charge in [-0.1, -0.05) is 35.3 Å². The van der Waals surface area contributed by atoms with E-state index in [9.17, 15) is 8.78 Å². The summed E-state index contributed by atoms with van der Waals surface area (Å²) in [6.45, 7) is 4.60. The molecule has 2 atom stereocenters. The molecule has 0 spiro atoms. The van der Waals surface area contributed by atoms with Crippen LogP contribution in [-0.2, 0) is 0 Å². The highest BCUT2D eigenvalue weighted by Gasteiger charge is 2.31. The lowest BCUT2D eigenvalue weighted by Crippen LogP contribution is -2.34. The van der Waals surface area contributed by atoms with Crippen molar-refractivity contribution in [3.63, 3.8) is 0 Å².